The average molecular weight is 280 g/mol. The van der Waals surface area contributed by atoms with Gasteiger partial charge in [0, 0.05) is 6.92 Å². The van der Waals surface area contributed by atoms with E-state index in [9.17, 15) is 9.90 Å². The molecule has 0 bridgehead atoms. The lowest BCUT2D eigenvalue weighted by Crippen LogP contribution is -2.47. The average Bonchev–Trinajstić information content (AvgIpc) is 2.31. The number of hydrogen-bond donors (Lipinski definition) is 1. The van der Waals surface area contributed by atoms with E-state index in [-0.39, 0.29) is 17.5 Å². The second-order valence-electron chi connectivity index (χ2n) is 7.54. The molecule has 2 aliphatic carbocycles. The summed E-state index contributed by atoms with van der Waals surface area (Å²) in [6, 6.07) is 0. The number of carbonyl (C=O) groups is 1. The second kappa shape index (κ2) is 5.18. The minimum Gasteiger partial charge on any atom is -0.458 e. The van der Waals surface area contributed by atoms with Crippen LogP contribution in [0, 0.1) is 17.3 Å². The van der Waals surface area contributed by atoms with Crippen LogP contribution in [0.15, 0.2) is 12.2 Å². The second-order valence-corrected chi connectivity index (χ2v) is 7.54. The zero-order valence-corrected chi connectivity index (χ0v) is 13.2. The van der Waals surface area contributed by atoms with Gasteiger partial charge in [0.15, 0.2) is 0 Å². The predicted molar refractivity (Wildman–Crippen MR) is 79.2 cm³/mol. The third-order valence-corrected chi connectivity index (χ3v) is 5.57. The Morgan fingerprint density at radius 2 is 2.00 bits per heavy atom. The molecule has 0 aliphatic heterocycles. The Morgan fingerprint density at radius 1 is 1.40 bits per heavy atom. The van der Waals surface area contributed by atoms with Gasteiger partial charge in [-0.05, 0) is 68.8 Å². The smallest absolute Gasteiger partial charge is 0.303 e. The van der Waals surface area contributed by atoms with Crippen LogP contribution in [0.4, 0.5) is 0 Å². The maximum atomic E-state index is 11.2. The third-order valence-electron chi connectivity index (χ3n) is 5.57. The van der Waals surface area contributed by atoms with E-state index in [1.54, 1.807) is 0 Å². The summed E-state index contributed by atoms with van der Waals surface area (Å²) in [4.78, 5) is 11.2. The Hall–Kier alpha value is -0.830. The number of rotatable bonds is 2. The number of esters is 1. The highest BCUT2D eigenvalue weighted by molar-refractivity contribution is 5.66. The molecule has 2 aliphatic rings. The van der Waals surface area contributed by atoms with Crippen molar-refractivity contribution >= 4 is 5.97 Å². The van der Waals surface area contributed by atoms with Crippen LogP contribution in [0.1, 0.15) is 59.8 Å². The van der Waals surface area contributed by atoms with Gasteiger partial charge in [-0.1, -0.05) is 13.5 Å². The molecule has 1 N–H and O–H groups in total. The Morgan fingerprint density at radius 3 is 2.55 bits per heavy atom. The van der Waals surface area contributed by atoms with Crippen molar-refractivity contribution in [1.82, 2.24) is 0 Å². The summed E-state index contributed by atoms with van der Waals surface area (Å²) < 4.78 is 5.42. The summed E-state index contributed by atoms with van der Waals surface area (Å²) in [5, 5.41) is 10.3. The number of aliphatic hydroxyl groups is 1. The van der Waals surface area contributed by atoms with Crippen LogP contribution < -0.4 is 0 Å². The molecule has 2 fully saturated rings. The molecule has 0 aromatic carbocycles. The Balaban J connectivity index is 2.16. The molecule has 0 aromatic heterocycles. The molecule has 0 heterocycles. The molecule has 20 heavy (non-hydrogen) atoms. The first-order valence-corrected chi connectivity index (χ1v) is 7.72. The largest absolute Gasteiger partial charge is 0.458 e. The van der Waals surface area contributed by atoms with Crippen LogP contribution in [0.3, 0.4) is 0 Å². The van der Waals surface area contributed by atoms with Gasteiger partial charge in [0.25, 0.3) is 0 Å². The van der Waals surface area contributed by atoms with Crippen molar-refractivity contribution in [3.05, 3.63) is 12.2 Å². The summed E-state index contributed by atoms with van der Waals surface area (Å²) in [6.07, 6.45) is 4.98. The van der Waals surface area contributed by atoms with E-state index < -0.39 is 5.60 Å². The van der Waals surface area contributed by atoms with Crippen molar-refractivity contribution in [2.24, 2.45) is 17.3 Å². The summed E-state index contributed by atoms with van der Waals surface area (Å²) in [5.41, 5.74) is 0.675. The fourth-order valence-corrected chi connectivity index (χ4v) is 4.11. The topological polar surface area (TPSA) is 46.5 Å². The third kappa shape index (κ3) is 2.93. The molecule has 3 heteroatoms. The maximum Gasteiger partial charge on any atom is 0.303 e. The molecule has 2 saturated carbocycles. The minimum absolute atomic E-state index is 0.133. The van der Waals surface area contributed by atoms with Gasteiger partial charge in [0.1, 0.15) is 6.10 Å². The molecule has 0 spiro atoms. The number of carbonyl (C=O) groups excluding carboxylic acids is 1. The summed E-state index contributed by atoms with van der Waals surface area (Å²) in [6.45, 7) is 11.8. The standard InChI is InChI=1S/C17H28O3/c1-11-14-10-13(16(3,4)19)6-8-17(14,5)9-7-15(11)20-12(2)18/h13-15,19H,1,6-10H2,2-5H3. The molecule has 2 rings (SSSR count). The van der Waals surface area contributed by atoms with Crippen molar-refractivity contribution in [1.29, 1.82) is 0 Å². The molecular weight excluding hydrogens is 252 g/mol. The van der Waals surface area contributed by atoms with Crippen molar-refractivity contribution in [2.45, 2.75) is 71.5 Å². The highest BCUT2D eigenvalue weighted by atomic mass is 16.5. The fourth-order valence-electron chi connectivity index (χ4n) is 4.11. The van der Waals surface area contributed by atoms with Gasteiger partial charge >= 0.3 is 5.97 Å². The molecule has 4 unspecified atom stereocenters. The maximum absolute atomic E-state index is 11.2. The molecule has 0 radical (unpaired) electrons. The van der Waals surface area contributed by atoms with Gasteiger partial charge in [-0.2, -0.15) is 0 Å². The van der Waals surface area contributed by atoms with Crippen LogP contribution >= 0.6 is 0 Å². The van der Waals surface area contributed by atoms with Crippen molar-refractivity contribution in [2.75, 3.05) is 0 Å². The lowest BCUT2D eigenvalue weighted by Gasteiger charge is -2.52. The van der Waals surface area contributed by atoms with E-state index in [4.69, 9.17) is 4.74 Å². The number of ether oxygens (including phenoxy) is 1. The van der Waals surface area contributed by atoms with Gasteiger partial charge in [0.2, 0.25) is 0 Å². The number of fused-ring (bicyclic) bond motifs is 1. The SMILES string of the molecule is C=C1C(OC(C)=O)CCC2(C)CCC(C(C)(C)O)CC12. The summed E-state index contributed by atoms with van der Waals surface area (Å²) in [7, 11) is 0. The van der Waals surface area contributed by atoms with Crippen molar-refractivity contribution in [3.63, 3.8) is 0 Å². The normalized spacial score (nSPS) is 38.2. The van der Waals surface area contributed by atoms with Crippen LogP contribution in [-0.4, -0.2) is 22.8 Å². The lowest BCUT2D eigenvalue weighted by atomic mass is 9.55. The first-order valence-electron chi connectivity index (χ1n) is 7.72. The summed E-state index contributed by atoms with van der Waals surface area (Å²) in [5.74, 6) is 0.425. The highest BCUT2D eigenvalue weighted by Crippen LogP contribution is 2.55. The zero-order valence-electron chi connectivity index (χ0n) is 13.2. The van der Waals surface area contributed by atoms with Crippen LogP contribution in [-0.2, 0) is 9.53 Å². The van der Waals surface area contributed by atoms with Gasteiger partial charge in [-0.15, -0.1) is 0 Å². The highest BCUT2D eigenvalue weighted by Gasteiger charge is 2.48. The van der Waals surface area contributed by atoms with E-state index in [1.165, 1.54) is 6.92 Å². The van der Waals surface area contributed by atoms with Crippen LogP contribution in [0.5, 0.6) is 0 Å². The molecule has 114 valence electrons. The van der Waals surface area contributed by atoms with E-state index in [2.05, 4.69) is 13.5 Å². The zero-order chi connectivity index (χ0) is 15.1. The summed E-state index contributed by atoms with van der Waals surface area (Å²) >= 11 is 0. The van der Waals surface area contributed by atoms with Gasteiger partial charge in [0.05, 0.1) is 5.60 Å². The van der Waals surface area contributed by atoms with E-state index in [0.717, 1.165) is 37.7 Å². The Bertz CT molecular complexity index is 407. The van der Waals surface area contributed by atoms with Crippen molar-refractivity contribution in [3.8, 4) is 0 Å². The minimum atomic E-state index is -0.643. The van der Waals surface area contributed by atoms with Gasteiger partial charge in [-0.3, -0.25) is 4.79 Å². The molecule has 0 aromatic rings. The Labute approximate surface area is 122 Å². The molecule has 3 nitrogen and oxygen atoms in total. The van der Waals surface area contributed by atoms with Gasteiger partial charge in [-0.25, -0.2) is 0 Å². The molecular formula is C17H28O3. The van der Waals surface area contributed by atoms with E-state index in [0.29, 0.717) is 11.8 Å². The first-order chi connectivity index (χ1) is 9.13. The van der Waals surface area contributed by atoms with E-state index >= 15 is 0 Å². The number of hydrogen-bond acceptors (Lipinski definition) is 3. The quantitative estimate of drug-likeness (QED) is 0.622. The van der Waals surface area contributed by atoms with Crippen molar-refractivity contribution < 1.29 is 14.6 Å². The molecule has 4 atom stereocenters. The predicted octanol–water partition coefficient (Wildman–Crippen LogP) is 3.46. The Kier molecular flexibility index (Phi) is 4.03. The van der Waals surface area contributed by atoms with Gasteiger partial charge < -0.3 is 9.84 Å². The first kappa shape index (κ1) is 15.6. The molecule has 0 amide bonds. The monoisotopic (exact) mass is 280 g/mol. The van der Waals surface area contributed by atoms with Crippen LogP contribution in [0.25, 0.3) is 0 Å². The van der Waals surface area contributed by atoms with E-state index in [1.807, 2.05) is 13.8 Å². The lowest BCUT2D eigenvalue weighted by molar-refractivity contribution is -0.148. The molecule has 0 saturated heterocycles. The fraction of sp³-hybridized carbons (Fsp3) is 0.824. The van der Waals surface area contributed by atoms with Crippen LogP contribution in [0.2, 0.25) is 0 Å².